The van der Waals surface area contributed by atoms with Gasteiger partial charge in [0.25, 0.3) is 0 Å². The second kappa shape index (κ2) is 7.61. The average molecular weight is 276 g/mol. The number of nitrogens with one attached hydrogen (secondary N) is 1. The first-order chi connectivity index (χ1) is 9.33. The maximum absolute atomic E-state index is 4.72. The molecule has 1 N–H and O–H groups in total. The molecular formula is C16H24N2S. The number of nitrogens with zero attached hydrogens (tertiary/aromatic N) is 1. The maximum Gasteiger partial charge on any atom is 0.0939 e. The number of aryl methyl sites for hydroxylation is 1. The van der Waals surface area contributed by atoms with Gasteiger partial charge >= 0.3 is 0 Å². The molecule has 19 heavy (non-hydrogen) atoms. The smallest absolute Gasteiger partial charge is 0.0939 e. The average Bonchev–Trinajstić information content (AvgIpc) is 2.84. The van der Waals surface area contributed by atoms with Crippen molar-refractivity contribution in [3.05, 3.63) is 29.3 Å². The van der Waals surface area contributed by atoms with E-state index in [1.165, 1.54) is 35.4 Å². The molecule has 2 nitrogen and oxygen atoms in total. The van der Waals surface area contributed by atoms with Gasteiger partial charge in [0.1, 0.15) is 0 Å². The summed E-state index contributed by atoms with van der Waals surface area (Å²) in [5, 5.41) is 4.93. The molecule has 0 aliphatic carbocycles. The molecule has 0 saturated heterocycles. The highest BCUT2D eigenvalue weighted by atomic mass is 32.1. The summed E-state index contributed by atoms with van der Waals surface area (Å²) in [5.74, 6) is 0. The summed E-state index contributed by atoms with van der Waals surface area (Å²) in [4.78, 5) is 4.72. The van der Waals surface area contributed by atoms with E-state index in [-0.39, 0.29) is 0 Å². The molecule has 0 fully saturated rings. The van der Waals surface area contributed by atoms with Crippen molar-refractivity contribution in [2.75, 3.05) is 6.54 Å². The van der Waals surface area contributed by atoms with Crippen LogP contribution in [0.5, 0.6) is 0 Å². The molecule has 3 heteroatoms. The van der Waals surface area contributed by atoms with E-state index in [1.54, 1.807) is 0 Å². The molecule has 2 aromatic rings. The Bertz CT molecular complexity index is 459. The third-order valence-electron chi connectivity index (χ3n) is 3.36. The van der Waals surface area contributed by atoms with Gasteiger partial charge in [0.2, 0.25) is 0 Å². The second-order valence-corrected chi connectivity index (χ2v) is 6.17. The third-order valence-corrected chi connectivity index (χ3v) is 4.46. The number of benzene rings is 1. The van der Waals surface area contributed by atoms with Crippen LogP contribution in [-0.2, 0) is 6.42 Å². The normalized spacial score (nSPS) is 12.9. The van der Waals surface area contributed by atoms with Crippen molar-refractivity contribution < 1.29 is 0 Å². The van der Waals surface area contributed by atoms with Crippen LogP contribution in [0.3, 0.4) is 0 Å². The van der Waals surface area contributed by atoms with Crippen molar-refractivity contribution in [3.8, 4) is 0 Å². The third kappa shape index (κ3) is 4.29. The van der Waals surface area contributed by atoms with Gasteiger partial charge < -0.3 is 5.32 Å². The number of hydrogen-bond acceptors (Lipinski definition) is 3. The van der Waals surface area contributed by atoms with E-state index in [0.29, 0.717) is 6.04 Å². The number of thiazole rings is 1. The number of fused-ring (bicyclic) bond motifs is 1. The minimum Gasteiger partial charge on any atom is -0.314 e. The van der Waals surface area contributed by atoms with Crippen molar-refractivity contribution in [2.45, 2.75) is 52.0 Å². The Morgan fingerprint density at radius 3 is 2.74 bits per heavy atom. The fourth-order valence-corrected chi connectivity index (χ4v) is 3.35. The first-order valence-electron chi connectivity index (χ1n) is 7.41. The van der Waals surface area contributed by atoms with Crippen molar-refractivity contribution >= 4 is 21.6 Å². The molecule has 0 bridgehead atoms. The van der Waals surface area contributed by atoms with Gasteiger partial charge in [-0.25, -0.2) is 4.98 Å². The molecule has 0 spiro atoms. The predicted octanol–water partition coefficient (Wildman–Crippen LogP) is 4.40. The second-order valence-electron chi connectivity index (χ2n) is 5.05. The van der Waals surface area contributed by atoms with Gasteiger partial charge in [0.05, 0.1) is 15.2 Å². The Morgan fingerprint density at radius 2 is 2.00 bits per heavy atom. The highest BCUT2D eigenvalue weighted by molar-refractivity contribution is 7.18. The Morgan fingerprint density at radius 1 is 1.16 bits per heavy atom. The van der Waals surface area contributed by atoms with Gasteiger partial charge in [0.15, 0.2) is 0 Å². The molecule has 1 heterocycles. The summed E-state index contributed by atoms with van der Waals surface area (Å²) in [5.41, 5.74) is 1.15. The summed E-state index contributed by atoms with van der Waals surface area (Å²) in [6.45, 7) is 5.62. The highest BCUT2D eigenvalue weighted by Gasteiger charge is 2.09. The van der Waals surface area contributed by atoms with Crippen molar-refractivity contribution in [3.63, 3.8) is 0 Å². The minimum atomic E-state index is 0.650. The molecule has 1 aromatic heterocycles. The first kappa shape index (κ1) is 14.5. The predicted molar refractivity (Wildman–Crippen MR) is 84.9 cm³/mol. The molecule has 0 amide bonds. The van der Waals surface area contributed by atoms with Crippen LogP contribution in [0.25, 0.3) is 10.2 Å². The van der Waals surface area contributed by atoms with E-state index in [9.17, 15) is 0 Å². The highest BCUT2D eigenvalue weighted by Crippen LogP contribution is 2.23. The quantitative estimate of drug-likeness (QED) is 0.773. The van der Waals surface area contributed by atoms with E-state index in [2.05, 4.69) is 43.4 Å². The standard InChI is InChI=1S/C16H24N2S/c1-3-7-13(17-12-4-2)10-11-16-18-14-8-5-6-9-15(14)19-16/h5-6,8-9,13,17H,3-4,7,10-12H2,1-2H3. The van der Waals surface area contributed by atoms with Gasteiger partial charge in [0, 0.05) is 12.5 Å². The largest absolute Gasteiger partial charge is 0.314 e. The van der Waals surface area contributed by atoms with Crippen LogP contribution in [0.2, 0.25) is 0 Å². The van der Waals surface area contributed by atoms with Gasteiger partial charge in [-0.3, -0.25) is 0 Å². The summed E-state index contributed by atoms with van der Waals surface area (Å²) < 4.78 is 1.31. The van der Waals surface area contributed by atoms with Crippen LogP contribution in [0, 0.1) is 0 Å². The van der Waals surface area contributed by atoms with Crippen LogP contribution in [0.1, 0.15) is 44.5 Å². The first-order valence-corrected chi connectivity index (χ1v) is 8.23. The van der Waals surface area contributed by atoms with Crippen LogP contribution < -0.4 is 5.32 Å². The molecule has 1 atom stereocenters. The lowest BCUT2D eigenvalue weighted by atomic mass is 10.1. The Kier molecular flexibility index (Phi) is 5.80. The Balaban J connectivity index is 1.91. The number of rotatable bonds is 8. The van der Waals surface area contributed by atoms with Crippen molar-refractivity contribution in [1.29, 1.82) is 0 Å². The van der Waals surface area contributed by atoms with Crippen molar-refractivity contribution in [2.24, 2.45) is 0 Å². The summed E-state index contributed by atoms with van der Waals surface area (Å²) in [6.07, 6.45) is 6.03. The fourth-order valence-electron chi connectivity index (χ4n) is 2.37. The van der Waals surface area contributed by atoms with E-state index < -0.39 is 0 Å². The molecule has 2 rings (SSSR count). The lowest BCUT2D eigenvalue weighted by Crippen LogP contribution is -2.30. The monoisotopic (exact) mass is 276 g/mol. The van der Waals surface area contributed by atoms with Crippen LogP contribution in [-0.4, -0.2) is 17.6 Å². The number of hydrogen-bond donors (Lipinski definition) is 1. The zero-order valence-corrected chi connectivity index (χ0v) is 12.8. The van der Waals surface area contributed by atoms with Crippen LogP contribution in [0.15, 0.2) is 24.3 Å². The zero-order valence-electron chi connectivity index (χ0n) is 12.0. The van der Waals surface area contributed by atoms with E-state index in [4.69, 9.17) is 4.98 Å². The van der Waals surface area contributed by atoms with Gasteiger partial charge in [-0.15, -0.1) is 11.3 Å². The summed E-state index contributed by atoms with van der Waals surface area (Å²) >= 11 is 1.84. The molecule has 1 aromatic carbocycles. The van der Waals surface area contributed by atoms with Gasteiger partial charge in [-0.2, -0.15) is 0 Å². The topological polar surface area (TPSA) is 24.9 Å². The Labute approximate surface area is 120 Å². The molecule has 0 aliphatic heterocycles. The molecule has 104 valence electrons. The number of para-hydroxylation sites is 1. The molecule has 0 radical (unpaired) electrons. The van der Waals surface area contributed by atoms with E-state index >= 15 is 0 Å². The van der Waals surface area contributed by atoms with E-state index in [1.807, 2.05) is 11.3 Å². The molecular weight excluding hydrogens is 252 g/mol. The van der Waals surface area contributed by atoms with Gasteiger partial charge in [-0.05, 0) is 37.9 Å². The zero-order chi connectivity index (χ0) is 13.5. The van der Waals surface area contributed by atoms with Crippen LogP contribution >= 0.6 is 11.3 Å². The maximum atomic E-state index is 4.72. The minimum absolute atomic E-state index is 0.650. The van der Waals surface area contributed by atoms with Crippen molar-refractivity contribution in [1.82, 2.24) is 10.3 Å². The fraction of sp³-hybridized carbons (Fsp3) is 0.562. The summed E-state index contributed by atoms with van der Waals surface area (Å²) in [6, 6.07) is 9.07. The molecule has 1 unspecified atom stereocenters. The number of aromatic nitrogens is 1. The van der Waals surface area contributed by atoms with E-state index in [0.717, 1.165) is 18.5 Å². The lowest BCUT2D eigenvalue weighted by Gasteiger charge is -2.16. The van der Waals surface area contributed by atoms with Crippen LogP contribution in [0.4, 0.5) is 0 Å². The summed E-state index contributed by atoms with van der Waals surface area (Å²) in [7, 11) is 0. The molecule has 0 saturated carbocycles. The SMILES string of the molecule is CCCNC(CCC)CCc1nc2ccccc2s1. The molecule has 0 aliphatic rings. The van der Waals surface area contributed by atoms with Gasteiger partial charge in [-0.1, -0.05) is 32.4 Å². The Hall–Kier alpha value is -0.930. The lowest BCUT2D eigenvalue weighted by molar-refractivity contribution is 0.448.